The highest BCUT2D eigenvalue weighted by atomic mass is 127. The second-order valence-electron chi connectivity index (χ2n) is 2.10. The Morgan fingerprint density at radius 3 is 2.33 bits per heavy atom. The van der Waals surface area contributed by atoms with E-state index in [-0.39, 0.29) is 11.3 Å². The van der Waals surface area contributed by atoms with Crippen LogP contribution in [0.4, 0.5) is 8.78 Å². The first kappa shape index (κ1) is 10.4. The van der Waals surface area contributed by atoms with Crippen LogP contribution in [0, 0.1) is 7.14 Å². The third-order valence-electron chi connectivity index (χ3n) is 1.34. The number of phenolic OH excluding ortho intramolecular Hbond substituents is 1. The van der Waals surface area contributed by atoms with E-state index in [2.05, 4.69) is 0 Å². The van der Waals surface area contributed by atoms with Crippen LogP contribution in [0.3, 0.4) is 0 Å². The molecule has 1 aromatic carbocycles. The number of aromatic hydroxyl groups is 1. The molecule has 1 aromatic rings. The number of benzene rings is 1. The number of halogens is 4. The van der Waals surface area contributed by atoms with Gasteiger partial charge in [-0.15, -0.1) is 0 Å². The molecule has 1 N–H and O–H groups in total. The normalized spacial score (nSPS) is 10.8. The van der Waals surface area contributed by atoms with Crippen molar-refractivity contribution in [3.8, 4) is 5.75 Å². The molecular formula is C7H4F2I2O. The van der Waals surface area contributed by atoms with Gasteiger partial charge in [-0.3, -0.25) is 0 Å². The summed E-state index contributed by atoms with van der Waals surface area (Å²) in [4.78, 5) is 0. The molecular weight excluding hydrogens is 392 g/mol. The first-order valence-corrected chi connectivity index (χ1v) is 5.14. The molecule has 0 aliphatic rings. The van der Waals surface area contributed by atoms with Crippen LogP contribution < -0.4 is 0 Å². The third-order valence-corrected chi connectivity index (χ3v) is 4.36. The Bertz CT molecular complexity index is 302. The monoisotopic (exact) mass is 396 g/mol. The van der Waals surface area contributed by atoms with Gasteiger partial charge in [-0.25, -0.2) is 8.78 Å². The smallest absolute Gasteiger partial charge is 0.267 e. The predicted octanol–water partition coefficient (Wildman–Crippen LogP) is 3.54. The molecule has 0 aromatic heterocycles. The van der Waals surface area contributed by atoms with Gasteiger partial charge in [-0.1, -0.05) is 0 Å². The van der Waals surface area contributed by atoms with E-state index in [1.54, 1.807) is 6.07 Å². The van der Waals surface area contributed by atoms with Crippen LogP contribution in [0.2, 0.25) is 0 Å². The van der Waals surface area contributed by atoms with E-state index >= 15 is 0 Å². The zero-order chi connectivity index (χ0) is 9.30. The standard InChI is InChI=1S/C7H4F2I2O/c8-7(9)3-1-2-4(10)5(11)6(3)12/h1-2,7,12H. The molecule has 0 saturated heterocycles. The second-order valence-corrected chi connectivity index (χ2v) is 4.34. The van der Waals surface area contributed by atoms with Crippen molar-refractivity contribution >= 4 is 45.2 Å². The van der Waals surface area contributed by atoms with Crippen molar-refractivity contribution in [2.24, 2.45) is 0 Å². The molecule has 66 valence electrons. The zero-order valence-corrected chi connectivity index (χ0v) is 10.0. The first-order valence-electron chi connectivity index (χ1n) is 2.99. The van der Waals surface area contributed by atoms with Crippen LogP contribution in [0.15, 0.2) is 12.1 Å². The summed E-state index contributed by atoms with van der Waals surface area (Å²) in [6.07, 6.45) is -2.62. The van der Waals surface area contributed by atoms with Gasteiger partial charge in [0, 0.05) is 3.57 Å². The van der Waals surface area contributed by atoms with Crippen molar-refractivity contribution in [1.82, 2.24) is 0 Å². The summed E-state index contributed by atoms with van der Waals surface area (Å²) in [6, 6.07) is 2.80. The van der Waals surface area contributed by atoms with Crippen LogP contribution in [0.25, 0.3) is 0 Å². The van der Waals surface area contributed by atoms with Crippen LogP contribution >= 0.6 is 45.2 Å². The van der Waals surface area contributed by atoms with E-state index in [1.807, 2.05) is 45.2 Å². The van der Waals surface area contributed by atoms with Crippen LogP contribution in [0.1, 0.15) is 12.0 Å². The van der Waals surface area contributed by atoms with Gasteiger partial charge < -0.3 is 5.11 Å². The lowest BCUT2D eigenvalue weighted by Crippen LogP contribution is -1.89. The maximum Gasteiger partial charge on any atom is 0.267 e. The van der Waals surface area contributed by atoms with Crippen LogP contribution in [-0.4, -0.2) is 5.11 Å². The van der Waals surface area contributed by atoms with E-state index in [0.717, 1.165) is 3.57 Å². The highest BCUT2D eigenvalue weighted by Crippen LogP contribution is 2.34. The van der Waals surface area contributed by atoms with Gasteiger partial charge in [0.2, 0.25) is 0 Å². The molecule has 5 heteroatoms. The Hall–Kier alpha value is 0.340. The molecule has 0 saturated carbocycles. The molecule has 1 rings (SSSR count). The second kappa shape index (κ2) is 4.03. The van der Waals surface area contributed by atoms with Gasteiger partial charge in [-0.05, 0) is 57.3 Å². The number of alkyl halides is 2. The van der Waals surface area contributed by atoms with Gasteiger partial charge in [0.05, 0.1) is 9.13 Å². The van der Waals surface area contributed by atoms with Crippen molar-refractivity contribution in [3.63, 3.8) is 0 Å². The largest absolute Gasteiger partial charge is 0.506 e. The Labute approximate surface area is 95.4 Å². The van der Waals surface area contributed by atoms with E-state index in [0.29, 0.717) is 3.57 Å². The summed E-state index contributed by atoms with van der Waals surface area (Å²) >= 11 is 3.81. The zero-order valence-electron chi connectivity index (χ0n) is 5.69. The Kier molecular flexibility index (Phi) is 3.50. The average molecular weight is 396 g/mol. The van der Waals surface area contributed by atoms with Crippen molar-refractivity contribution in [3.05, 3.63) is 24.8 Å². The van der Waals surface area contributed by atoms with E-state index in [4.69, 9.17) is 0 Å². The van der Waals surface area contributed by atoms with Gasteiger partial charge in [0.15, 0.2) is 0 Å². The molecule has 0 aliphatic heterocycles. The fraction of sp³-hybridized carbons (Fsp3) is 0.143. The number of phenols is 1. The van der Waals surface area contributed by atoms with Crippen molar-refractivity contribution in [2.45, 2.75) is 6.43 Å². The van der Waals surface area contributed by atoms with Crippen molar-refractivity contribution in [1.29, 1.82) is 0 Å². The first-order chi connectivity index (χ1) is 5.54. The topological polar surface area (TPSA) is 20.2 Å². The lowest BCUT2D eigenvalue weighted by molar-refractivity contribution is 0.147. The fourth-order valence-corrected chi connectivity index (χ4v) is 1.66. The third kappa shape index (κ3) is 1.98. The van der Waals surface area contributed by atoms with Gasteiger partial charge in [0.1, 0.15) is 5.75 Å². The summed E-state index contributed by atoms with van der Waals surface area (Å²) in [5, 5.41) is 9.26. The number of rotatable bonds is 1. The van der Waals surface area contributed by atoms with Gasteiger partial charge in [-0.2, -0.15) is 0 Å². The Morgan fingerprint density at radius 2 is 1.83 bits per heavy atom. The average Bonchev–Trinajstić information content (AvgIpc) is 2.00. The maximum absolute atomic E-state index is 12.2. The van der Waals surface area contributed by atoms with E-state index in [9.17, 15) is 13.9 Å². The van der Waals surface area contributed by atoms with Crippen LogP contribution in [0.5, 0.6) is 5.75 Å². The minimum absolute atomic E-state index is 0.306. The molecule has 12 heavy (non-hydrogen) atoms. The Balaban J connectivity index is 3.27. The molecule has 0 amide bonds. The summed E-state index contributed by atoms with van der Waals surface area (Å²) in [5.74, 6) is -0.308. The maximum atomic E-state index is 12.2. The minimum Gasteiger partial charge on any atom is -0.506 e. The number of hydrogen-bond acceptors (Lipinski definition) is 1. The van der Waals surface area contributed by atoms with Crippen molar-refractivity contribution in [2.75, 3.05) is 0 Å². The lowest BCUT2D eigenvalue weighted by atomic mass is 10.2. The molecule has 0 atom stereocenters. The van der Waals surface area contributed by atoms with Crippen LogP contribution in [-0.2, 0) is 0 Å². The molecule has 0 aliphatic carbocycles. The highest BCUT2D eigenvalue weighted by molar-refractivity contribution is 14.1. The summed E-state index contributed by atoms with van der Waals surface area (Å²) in [5.41, 5.74) is -0.306. The summed E-state index contributed by atoms with van der Waals surface area (Å²) in [7, 11) is 0. The lowest BCUT2D eigenvalue weighted by Gasteiger charge is -2.05. The molecule has 0 fully saturated rings. The van der Waals surface area contributed by atoms with E-state index < -0.39 is 6.43 Å². The molecule has 0 spiro atoms. The summed E-state index contributed by atoms with van der Waals surface area (Å²) < 4.78 is 25.6. The number of hydrogen-bond donors (Lipinski definition) is 1. The van der Waals surface area contributed by atoms with Gasteiger partial charge >= 0.3 is 0 Å². The minimum atomic E-state index is -2.62. The fourth-order valence-electron chi connectivity index (χ4n) is 0.731. The molecule has 0 bridgehead atoms. The van der Waals surface area contributed by atoms with Crippen molar-refractivity contribution < 1.29 is 13.9 Å². The molecule has 1 nitrogen and oxygen atoms in total. The quantitative estimate of drug-likeness (QED) is 0.721. The molecule has 0 unspecified atom stereocenters. The highest BCUT2D eigenvalue weighted by Gasteiger charge is 2.15. The van der Waals surface area contributed by atoms with Gasteiger partial charge in [0.25, 0.3) is 6.43 Å². The summed E-state index contributed by atoms with van der Waals surface area (Å²) in [6.45, 7) is 0. The van der Waals surface area contributed by atoms with E-state index in [1.165, 1.54) is 6.07 Å². The Morgan fingerprint density at radius 1 is 1.25 bits per heavy atom. The SMILES string of the molecule is Oc1c(C(F)F)ccc(I)c1I. The predicted molar refractivity (Wildman–Crippen MR) is 58.5 cm³/mol. The molecule has 0 heterocycles. The molecule has 0 radical (unpaired) electrons.